The molecule has 1 heterocycles. The van der Waals surface area contributed by atoms with E-state index in [4.69, 9.17) is 4.74 Å². The number of benzene rings is 1. The lowest BCUT2D eigenvalue weighted by Gasteiger charge is -2.29. The molecule has 1 saturated carbocycles. The standard InChI is InChI=1S/C17H17NO3/c19-16(18-8-9-21-17(18)20)15-13-7-6-12(10-13)14(15)11-4-2-1-3-5-11/h1-7,12-15H,8-10H2/t12-,13+,14+,15+/m1/s1. The minimum absolute atomic E-state index is 0.0665. The fourth-order valence-electron chi connectivity index (χ4n) is 4.06. The fraction of sp³-hybridized carbons (Fsp3) is 0.412. The quantitative estimate of drug-likeness (QED) is 0.784. The number of carbonyl (C=O) groups is 2. The minimum atomic E-state index is -0.487. The molecule has 2 amide bonds. The van der Waals surface area contributed by atoms with Crippen LogP contribution in [0.4, 0.5) is 4.79 Å². The number of amides is 2. The summed E-state index contributed by atoms with van der Waals surface area (Å²) in [7, 11) is 0. The van der Waals surface area contributed by atoms with Gasteiger partial charge in [0, 0.05) is 5.92 Å². The smallest absolute Gasteiger partial charge is 0.416 e. The average Bonchev–Trinajstić information content (AvgIpc) is 3.22. The van der Waals surface area contributed by atoms with Crippen molar-refractivity contribution < 1.29 is 14.3 Å². The van der Waals surface area contributed by atoms with Crippen LogP contribution in [0.5, 0.6) is 0 Å². The lowest BCUT2D eigenvalue weighted by Crippen LogP contribution is -2.40. The molecule has 0 aromatic heterocycles. The second-order valence-electron chi connectivity index (χ2n) is 6.01. The molecule has 4 nitrogen and oxygen atoms in total. The summed E-state index contributed by atoms with van der Waals surface area (Å²) in [6.45, 7) is 0.702. The van der Waals surface area contributed by atoms with Gasteiger partial charge in [-0.2, -0.15) is 0 Å². The first-order valence-corrected chi connectivity index (χ1v) is 7.47. The van der Waals surface area contributed by atoms with Gasteiger partial charge in [0.15, 0.2) is 0 Å². The van der Waals surface area contributed by atoms with Gasteiger partial charge in [-0.25, -0.2) is 9.69 Å². The van der Waals surface area contributed by atoms with E-state index in [1.54, 1.807) is 0 Å². The Hall–Kier alpha value is -2.10. The molecule has 1 aromatic rings. The second kappa shape index (κ2) is 4.72. The monoisotopic (exact) mass is 283 g/mol. The molecule has 3 aliphatic rings. The second-order valence-corrected chi connectivity index (χ2v) is 6.01. The lowest BCUT2D eigenvalue weighted by molar-refractivity contribution is -0.133. The van der Waals surface area contributed by atoms with Crippen molar-refractivity contribution in [1.82, 2.24) is 4.90 Å². The Morgan fingerprint density at radius 3 is 2.62 bits per heavy atom. The van der Waals surface area contributed by atoms with Crippen molar-refractivity contribution in [2.75, 3.05) is 13.2 Å². The number of allylic oxidation sites excluding steroid dienone is 2. The summed E-state index contributed by atoms with van der Waals surface area (Å²) in [5.74, 6) is 0.643. The van der Waals surface area contributed by atoms with Crippen LogP contribution in [0.1, 0.15) is 17.9 Å². The molecule has 1 aliphatic heterocycles. The molecule has 4 rings (SSSR count). The van der Waals surface area contributed by atoms with Gasteiger partial charge in [-0.15, -0.1) is 0 Å². The highest BCUT2D eigenvalue weighted by Crippen LogP contribution is 2.53. The predicted octanol–water partition coefficient (Wildman–Crippen LogP) is 2.57. The Labute approximate surface area is 123 Å². The third-order valence-corrected chi connectivity index (χ3v) is 4.96. The number of hydrogen-bond donors (Lipinski definition) is 0. The molecule has 2 fully saturated rings. The van der Waals surface area contributed by atoms with Gasteiger partial charge in [0.25, 0.3) is 0 Å². The fourth-order valence-corrected chi connectivity index (χ4v) is 4.06. The van der Waals surface area contributed by atoms with Crippen LogP contribution in [-0.2, 0) is 9.53 Å². The molecule has 0 spiro atoms. The first-order valence-electron chi connectivity index (χ1n) is 7.47. The number of imide groups is 1. The van der Waals surface area contributed by atoms with E-state index in [0.717, 1.165) is 6.42 Å². The summed E-state index contributed by atoms with van der Waals surface area (Å²) in [4.78, 5) is 25.8. The molecular formula is C17H17NO3. The molecule has 21 heavy (non-hydrogen) atoms. The van der Waals surface area contributed by atoms with Crippen LogP contribution in [0.2, 0.25) is 0 Å². The topological polar surface area (TPSA) is 46.6 Å². The number of ether oxygens (including phenoxy) is 1. The molecule has 2 aliphatic carbocycles. The summed E-state index contributed by atoms with van der Waals surface area (Å²) in [6.07, 6.45) is 4.90. The van der Waals surface area contributed by atoms with Crippen LogP contribution >= 0.6 is 0 Å². The Balaban J connectivity index is 1.68. The van der Waals surface area contributed by atoms with Gasteiger partial charge in [-0.3, -0.25) is 4.79 Å². The van der Waals surface area contributed by atoms with Gasteiger partial charge in [0.1, 0.15) is 6.61 Å². The summed E-state index contributed by atoms with van der Waals surface area (Å²) < 4.78 is 4.92. The van der Waals surface area contributed by atoms with E-state index >= 15 is 0 Å². The Bertz CT molecular complexity index is 610. The number of rotatable bonds is 2. The minimum Gasteiger partial charge on any atom is -0.447 e. The average molecular weight is 283 g/mol. The molecule has 108 valence electrons. The zero-order valence-electron chi connectivity index (χ0n) is 11.6. The molecule has 0 radical (unpaired) electrons. The van der Waals surface area contributed by atoms with Gasteiger partial charge in [0.2, 0.25) is 5.91 Å². The van der Waals surface area contributed by atoms with Crippen LogP contribution in [-0.4, -0.2) is 30.1 Å². The molecule has 0 N–H and O–H groups in total. The molecule has 1 saturated heterocycles. The predicted molar refractivity (Wildman–Crippen MR) is 76.5 cm³/mol. The first kappa shape index (κ1) is 12.6. The summed E-state index contributed by atoms with van der Waals surface area (Å²) in [5, 5.41) is 0. The van der Waals surface area contributed by atoms with Crippen LogP contribution in [0.3, 0.4) is 0 Å². The number of nitrogens with zero attached hydrogens (tertiary/aromatic N) is 1. The van der Waals surface area contributed by atoms with Crippen molar-refractivity contribution in [1.29, 1.82) is 0 Å². The van der Waals surface area contributed by atoms with E-state index in [1.165, 1.54) is 10.5 Å². The van der Waals surface area contributed by atoms with Crippen molar-refractivity contribution in [2.45, 2.75) is 12.3 Å². The first-order chi connectivity index (χ1) is 10.3. The van der Waals surface area contributed by atoms with Crippen molar-refractivity contribution in [3.8, 4) is 0 Å². The highest BCUT2D eigenvalue weighted by molar-refractivity contribution is 5.95. The maximum atomic E-state index is 12.8. The van der Waals surface area contributed by atoms with Crippen molar-refractivity contribution >= 4 is 12.0 Å². The SMILES string of the molecule is O=C1OCCN1C(=O)[C@@H]1[C@@H](c2ccccc2)[C@@H]2C=C[C@H]1C2. The molecule has 2 bridgehead atoms. The largest absolute Gasteiger partial charge is 0.447 e. The van der Waals surface area contributed by atoms with Crippen LogP contribution in [0.25, 0.3) is 0 Å². The van der Waals surface area contributed by atoms with E-state index in [1.807, 2.05) is 18.2 Å². The van der Waals surface area contributed by atoms with E-state index in [9.17, 15) is 9.59 Å². The zero-order chi connectivity index (χ0) is 14.4. The van der Waals surface area contributed by atoms with Gasteiger partial charge < -0.3 is 4.74 Å². The Morgan fingerprint density at radius 1 is 1.14 bits per heavy atom. The molecule has 4 heteroatoms. The lowest BCUT2D eigenvalue weighted by atomic mass is 9.78. The number of hydrogen-bond acceptors (Lipinski definition) is 3. The highest BCUT2D eigenvalue weighted by atomic mass is 16.6. The van der Waals surface area contributed by atoms with Crippen LogP contribution in [0.15, 0.2) is 42.5 Å². The van der Waals surface area contributed by atoms with E-state index < -0.39 is 6.09 Å². The normalized spacial score (nSPS) is 33.5. The molecular weight excluding hydrogens is 266 g/mol. The molecule has 1 aromatic carbocycles. The molecule has 0 unspecified atom stereocenters. The summed E-state index contributed by atoms with van der Waals surface area (Å²) in [6, 6.07) is 10.2. The number of carbonyl (C=O) groups excluding carboxylic acids is 2. The maximum Gasteiger partial charge on any atom is 0.416 e. The third kappa shape index (κ3) is 1.89. The third-order valence-electron chi connectivity index (χ3n) is 4.96. The summed E-state index contributed by atoms with van der Waals surface area (Å²) >= 11 is 0. The zero-order valence-corrected chi connectivity index (χ0v) is 11.6. The van der Waals surface area contributed by atoms with E-state index in [2.05, 4.69) is 24.3 Å². The van der Waals surface area contributed by atoms with Gasteiger partial charge in [-0.1, -0.05) is 42.5 Å². The highest BCUT2D eigenvalue weighted by Gasteiger charge is 2.51. The molecule has 4 atom stereocenters. The van der Waals surface area contributed by atoms with Gasteiger partial charge in [0.05, 0.1) is 12.5 Å². The van der Waals surface area contributed by atoms with Crippen molar-refractivity contribution in [2.24, 2.45) is 17.8 Å². The maximum absolute atomic E-state index is 12.8. The van der Waals surface area contributed by atoms with Crippen LogP contribution in [0, 0.1) is 17.8 Å². The Kier molecular flexibility index (Phi) is 2.84. The van der Waals surface area contributed by atoms with Gasteiger partial charge in [-0.05, 0) is 23.8 Å². The van der Waals surface area contributed by atoms with E-state index in [-0.39, 0.29) is 23.7 Å². The van der Waals surface area contributed by atoms with Crippen LogP contribution < -0.4 is 0 Å². The van der Waals surface area contributed by atoms with Crippen molar-refractivity contribution in [3.05, 3.63) is 48.0 Å². The number of fused-ring (bicyclic) bond motifs is 2. The number of cyclic esters (lactones) is 1. The Morgan fingerprint density at radius 2 is 1.90 bits per heavy atom. The van der Waals surface area contributed by atoms with E-state index in [0.29, 0.717) is 19.1 Å². The summed E-state index contributed by atoms with van der Waals surface area (Å²) in [5.41, 5.74) is 1.19. The van der Waals surface area contributed by atoms with Gasteiger partial charge >= 0.3 is 6.09 Å². The van der Waals surface area contributed by atoms with Crippen molar-refractivity contribution in [3.63, 3.8) is 0 Å².